The highest BCUT2D eigenvalue weighted by atomic mass is 16.2. The smallest absolute Gasteiger partial charge is 0.325 e. The van der Waals surface area contributed by atoms with E-state index >= 15 is 0 Å². The normalized spacial score (nSPS) is 20.0. The molecule has 0 saturated carbocycles. The van der Waals surface area contributed by atoms with Crippen LogP contribution in [0.4, 0.5) is 4.79 Å². The molecule has 6 nitrogen and oxygen atoms in total. The Hall–Kier alpha value is -4.11. The van der Waals surface area contributed by atoms with Crippen LogP contribution in [-0.2, 0) is 11.2 Å². The van der Waals surface area contributed by atoms with Crippen molar-refractivity contribution in [3.05, 3.63) is 83.9 Å². The summed E-state index contributed by atoms with van der Waals surface area (Å²) in [6.45, 7) is 2.87. The third-order valence-electron chi connectivity index (χ3n) is 7.74. The quantitative estimate of drug-likeness (QED) is 0.402. The van der Waals surface area contributed by atoms with Crippen LogP contribution in [-0.4, -0.2) is 52.8 Å². The SMILES string of the molecule is CC#CCN1C(=O)N[C@@](CCc2ccccc2)(C2CCN(C(=O)c3ccc4ccccc4c3)CC2)C1=O. The van der Waals surface area contributed by atoms with Crippen molar-refractivity contribution in [1.29, 1.82) is 0 Å². The first-order valence-electron chi connectivity index (χ1n) is 12.9. The molecule has 2 aliphatic rings. The molecule has 5 rings (SSSR count). The van der Waals surface area contributed by atoms with Gasteiger partial charge in [-0.15, -0.1) is 5.92 Å². The number of likely N-dealkylation sites (tertiary alicyclic amines) is 1. The fourth-order valence-electron chi connectivity index (χ4n) is 5.66. The van der Waals surface area contributed by atoms with Crippen molar-refractivity contribution in [2.45, 2.75) is 38.1 Å². The fourth-order valence-corrected chi connectivity index (χ4v) is 5.66. The zero-order valence-corrected chi connectivity index (χ0v) is 21.1. The number of rotatable bonds is 6. The van der Waals surface area contributed by atoms with Gasteiger partial charge in [-0.3, -0.25) is 14.5 Å². The Labute approximate surface area is 217 Å². The molecule has 6 heteroatoms. The maximum Gasteiger partial charge on any atom is 0.325 e. The maximum atomic E-state index is 13.7. The van der Waals surface area contributed by atoms with Gasteiger partial charge in [-0.05, 0) is 67.0 Å². The summed E-state index contributed by atoms with van der Waals surface area (Å²) in [4.78, 5) is 43.0. The molecule has 4 amide bonds. The Bertz CT molecular complexity index is 1380. The van der Waals surface area contributed by atoms with Gasteiger partial charge in [0.05, 0.1) is 6.54 Å². The highest BCUT2D eigenvalue weighted by molar-refractivity contribution is 6.07. The van der Waals surface area contributed by atoms with Crippen LogP contribution in [0.2, 0.25) is 0 Å². The van der Waals surface area contributed by atoms with E-state index in [1.54, 1.807) is 6.92 Å². The van der Waals surface area contributed by atoms with Gasteiger partial charge in [-0.2, -0.15) is 0 Å². The van der Waals surface area contributed by atoms with E-state index < -0.39 is 5.54 Å². The van der Waals surface area contributed by atoms with E-state index in [9.17, 15) is 14.4 Å². The molecular weight excluding hydrogens is 462 g/mol. The Kier molecular flexibility index (Phi) is 6.96. The van der Waals surface area contributed by atoms with Gasteiger partial charge < -0.3 is 10.2 Å². The summed E-state index contributed by atoms with van der Waals surface area (Å²) in [5.41, 5.74) is 0.811. The third kappa shape index (κ3) is 4.82. The lowest BCUT2D eigenvalue weighted by Crippen LogP contribution is -2.56. The Balaban J connectivity index is 1.34. The van der Waals surface area contributed by atoms with Gasteiger partial charge >= 0.3 is 6.03 Å². The lowest BCUT2D eigenvalue weighted by atomic mass is 9.74. The average molecular weight is 494 g/mol. The van der Waals surface area contributed by atoms with Crippen LogP contribution < -0.4 is 5.32 Å². The first-order chi connectivity index (χ1) is 18.0. The average Bonchev–Trinajstić information content (AvgIpc) is 3.19. The largest absolute Gasteiger partial charge is 0.339 e. The van der Waals surface area contributed by atoms with Gasteiger partial charge in [0.15, 0.2) is 0 Å². The number of nitrogens with one attached hydrogen (secondary N) is 1. The number of fused-ring (bicyclic) bond motifs is 1. The van der Waals surface area contributed by atoms with Crippen LogP contribution in [0.1, 0.15) is 42.1 Å². The molecule has 1 N–H and O–H groups in total. The Morgan fingerprint density at radius 1 is 0.973 bits per heavy atom. The zero-order chi connectivity index (χ0) is 25.8. The van der Waals surface area contributed by atoms with Crippen molar-refractivity contribution in [2.24, 2.45) is 5.92 Å². The maximum absolute atomic E-state index is 13.7. The molecule has 0 radical (unpaired) electrons. The van der Waals surface area contributed by atoms with E-state index in [1.165, 1.54) is 4.90 Å². The Morgan fingerprint density at radius 2 is 1.68 bits per heavy atom. The summed E-state index contributed by atoms with van der Waals surface area (Å²) in [6.07, 6.45) is 2.48. The molecule has 3 aromatic rings. The molecule has 2 aliphatic heterocycles. The second kappa shape index (κ2) is 10.5. The summed E-state index contributed by atoms with van der Waals surface area (Å²) in [5, 5.41) is 5.22. The van der Waals surface area contributed by atoms with Crippen molar-refractivity contribution in [3.8, 4) is 11.8 Å². The molecule has 3 aromatic carbocycles. The number of imide groups is 1. The van der Waals surface area contributed by atoms with Crippen LogP contribution in [0.25, 0.3) is 10.8 Å². The molecule has 0 unspecified atom stereocenters. The molecule has 2 heterocycles. The van der Waals surface area contributed by atoms with Gasteiger partial charge in [0.1, 0.15) is 5.54 Å². The summed E-state index contributed by atoms with van der Waals surface area (Å²) in [7, 11) is 0. The summed E-state index contributed by atoms with van der Waals surface area (Å²) in [6, 6.07) is 23.4. The number of hydrogen-bond acceptors (Lipinski definition) is 3. The van der Waals surface area contributed by atoms with Crippen molar-refractivity contribution in [3.63, 3.8) is 0 Å². The first kappa shape index (κ1) is 24.6. The number of amides is 4. The lowest BCUT2D eigenvalue weighted by Gasteiger charge is -2.41. The standard InChI is InChI=1S/C31H31N3O3/c1-2-3-19-34-29(36)31(32-30(34)37,18-15-23-9-5-4-6-10-23)27-16-20-33(21-17-27)28(35)26-14-13-24-11-7-8-12-25(24)22-26/h4-14,22,27H,15-21H2,1H3,(H,32,37)/t31-/m0/s1. The Morgan fingerprint density at radius 3 is 2.41 bits per heavy atom. The van der Waals surface area contributed by atoms with E-state index in [2.05, 4.69) is 17.2 Å². The molecule has 1 atom stereocenters. The van der Waals surface area contributed by atoms with Crippen molar-refractivity contribution in [1.82, 2.24) is 15.1 Å². The number of carbonyl (C=O) groups excluding carboxylic acids is 3. The summed E-state index contributed by atoms with van der Waals surface area (Å²) in [5.74, 6) is 5.38. The molecule has 0 spiro atoms. The second-order valence-corrected chi connectivity index (χ2v) is 9.83. The van der Waals surface area contributed by atoms with Crippen LogP contribution in [0.3, 0.4) is 0 Å². The van der Waals surface area contributed by atoms with E-state index in [0.29, 0.717) is 44.3 Å². The molecule has 188 valence electrons. The van der Waals surface area contributed by atoms with Crippen molar-refractivity contribution >= 4 is 28.6 Å². The van der Waals surface area contributed by atoms with Crippen molar-refractivity contribution < 1.29 is 14.4 Å². The first-order valence-corrected chi connectivity index (χ1v) is 12.9. The lowest BCUT2D eigenvalue weighted by molar-refractivity contribution is -0.133. The predicted molar refractivity (Wildman–Crippen MR) is 144 cm³/mol. The van der Waals surface area contributed by atoms with E-state index in [-0.39, 0.29) is 30.3 Å². The number of urea groups is 1. The number of piperidine rings is 1. The summed E-state index contributed by atoms with van der Waals surface area (Å²) >= 11 is 0. The van der Waals surface area contributed by atoms with Gasteiger partial charge in [-0.1, -0.05) is 66.6 Å². The van der Waals surface area contributed by atoms with Crippen LogP contribution in [0, 0.1) is 17.8 Å². The number of nitrogens with zero attached hydrogens (tertiary/aromatic N) is 2. The van der Waals surface area contributed by atoms with Crippen LogP contribution >= 0.6 is 0 Å². The highest BCUT2D eigenvalue weighted by Gasteiger charge is 2.55. The van der Waals surface area contributed by atoms with Gasteiger partial charge in [0.25, 0.3) is 11.8 Å². The van der Waals surface area contributed by atoms with E-state index in [1.807, 2.05) is 77.7 Å². The summed E-state index contributed by atoms with van der Waals surface area (Å²) < 4.78 is 0. The predicted octanol–water partition coefficient (Wildman–Crippen LogP) is 4.64. The molecule has 0 bridgehead atoms. The van der Waals surface area contributed by atoms with E-state index in [0.717, 1.165) is 16.3 Å². The molecule has 0 aliphatic carbocycles. The van der Waals surface area contributed by atoms with Crippen LogP contribution in [0.15, 0.2) is 72.8 Å². The second-order valence-electron chi connectivity index (χ2n) is 9.83. The molecule has 37 heavy (non-hydrogen) atoms. The van der Waals surface area contributed by atoms with Gasteiger partial charge in [0.2, 0.25) is 0 Å². The topological polar surface area (TPSA) is 69.7 Å². The number of carbonyl (C=O) groups is 3. The number of hydrogen-bond donors (Lipinski definition) is 1. The minimum absolute atomic E-state index is 0.00386. The molecule has 2 saturated heterocycles. The van der Waals surface area contributed by atoms with Gasteiger partial charge in [-0.25, -0.2) is 4.79 Å². The third-order valence-corrected chi connectivity index (χ3v) is 7.74. The van der Waals surface area contributed by atoms with Gasteiger partial charge in [0, 0.05) is 18.7 Å². The molecular formula is C31H31N3O3. The monoisotopic (exact) mass is 493 g/mol. The van der Waals surface area contributed by atoms with Crippen LogP contribution in [0.5, 0.6) is 0 Å². The van der Waals surface area contributed by atoms with E-state index in [4.69, 9.17) is 0 Å². The fraction of sp³-hybridized carbons (Fsp3) is 0.323. The highest BCUT2D eigenvalue weighted by Crippen LogP contribution is 2.37. The zero-order valence-electron chi connectivity index (χ0n) is 21.1. The molecule has 0 aromatic heterocycles. The molecule has 2 fully saturated rings. The minimum Gasteiger partial charge on any atom is -0.339 e. The number of benzene rings is 3. The van der Waals surface area contributed by atoms with Crippen molar-refractivity contribution in [2.75, 3.05) is 19.6 Å². The minimum atomic E-state index is -0.986. The number of aryl methyl sites for hydroxylation is 1.